The fourth-order valence-corrected chi connectivity index (χ4v) is 3.00. The molecule has 0 radical (unpaired) electrons. The number of rotatable bonds is 8. The van der Waals surface area contributed by atoms with Gasteiger partial charge in [-0.15, -0.1) is 24.0 Å². The molecule has 1 aliphatic heterocycles. The minimum atomic E-state index is -3.01. The molecule has 0 aliphatic carbocycles. The lowest BCUT2D eigenvalue weighted by Gasteiger charge is -2.32. The lowest BCUT2D eigenvalue weighted by Crippen LogP contribution is -2.49. The summed E-state index contributed by atoms with van der Waals surface area (Å²) in [5.41, 5.74) is 0.0372. The number of guanidine groups is 1. The minimum absolute atomic E-state index is 0. The summed E-state index contributed by atoms with van der Waals surface area (Å²) in [7, 11) is 3.30. The Morgan fingerprint density at radius 3 is 2.64 bits per heavy atom. The SMILES string of the molecule is CN=C(NCc1c(F)cccc1OC(F)F)NC1CCN(CCOC)CC1.I. The van der Waals surface area contributed by atoms with Crippen molar-refractivity contribution in [2.75, 3.05) is 40.4 Å². The average molecular weight is 516 g/mol. The van der Waals surface area contributed by atoms with Gasteiger partial charge in [0.2, 0.25) is 0 Å². The molecule has 6 nitrogen and oxygen atoms in total. The Morgan fingerprint density at radius 2 is 2.04 bits per heavy atom. The molecule has 0 bridgehead atoms. The van der Waals surface area contributed by atoms with Crippen LogP contribution in [0.5, 0.6) is 5.75 Å². The maximum atomic E-state index is 14.0. The van der Waals surface area contributed by atoms with Crippen molar-refractivity contribution < 1.29 is 22.6 Å². The zero-order valence-corrected chi connectivity index (χ0v) is 18.4. The van der Waals surface area contributed by atoms with Crippen molar-refractivity contribution in [3.8, 4) is 5.75 Å². The molecule has 0 unspecified atom stereocenters. The third kappa shape index (κ3) is 8.00. The van der Waals surface area contributed by atoms with Crippen LogP contribution in [0.3, 0.4) is 0 Å². The maximum absolute atomic E-state index is 14.0. The molecule has 28 heavy (non-hydrogen) atoms. The number of alkyl halides is 2. The molecule has 0 amide bonds. The smallest absolute Gasteiger partial charge is 0.387 e. The summed E-state index contributed by atoms with van der Waals surface area (Å²) in [6.07, 6.45) is 1.90. The first-order chi connectivity index (χ1) is 13.0. The van der Waals surface area contributed by atoms with E-state index in [1.807, 2.05) is 0 Å². The number of aliphatic imine (C=N–C) groups is 1. The van der Waals surface area contributed by atoms with E-state index < -0.39 is 12.4 Å². The molecule has 2 N–H and O–H groups in total. The van der Waals surface area contributed by atoms with Gasteiger partial charge in [-0.25, -0.2) is 4.39 Å². The maximum Gasteiger partial charge on any atom is 0.387 e. The van der Waals surface area contributed by atoms with E-state index in [4.69, 9.17) is 4.74 Å². The lowest BCUT2D eigenvalue weighted by atomic mass is 10.1. The van der Waals surface area contributed by atoms with Crippen LogP contribution >= 0.6 is 24.0 Å². The van der Waals surface area contributed by atoms with E-state index in [-0.39, 0.29) is 47.9 Å². The lowest BCUT2D eigenvalue weighted by molar-refractivity contribution is -0.0506. The topological polar surface area (TPSA) is 58.1 Å². The second kappa shape index (κ2) is 13.0. The van der Waals surface area contributed by atoms with Crippen molar-refractivity contribution in [1.82, 2.24) is 15.5 Å². The summed E-state index contributed by atoms with van der Waals surface area (Å²) >= 11 is 0. The fraction of sp³-hybridized carbons (Fsp3) is 0.611. The Kier molecular flexibility index (Phi) is 11.5. The molecular formula is C18H28F3IN4O2. The fourth-order valence-electron chi connectivity index (χ4n) is 3.00. The van der Waals surface area contributed by atoms with E-state index in [0.717, 1.165) is 32.5 Å². The number of nitrogens with zero attached hydrogens (tertiary/aromatic N) is 2. The number of piperidine rings is 1. The summed E-state index contributed by atoms with van der Waals surface area (Å²) in [4.78, 5) is 6.47. The van der Waals surface area contributed by atoms with Crippen molar-refractivity contribution in [2.45, 2.75) is 32.0 Å². The molecule has 1 aromatic carbocycles. The number of hydrogen-bond acceptors (Lipinski definition) is 4. The Hall–Kier alpha value is -1.27. The Labute approximate surface area is 180 Å². The molecule has 1 fully saturated rings. The number of ether oxygens (including phenoxy) is 2. The van der Waals surface area contributed by atoms with Crippen LogP contribution in [0, 0.1) is 5.82 Å². The summed E-state index contributed by atoms with van der Waals surface area (Å²) in [6.45, 7) is 0.520. The molecule has 0 saturated carbocycles. The van der Waals surface area contributed by atoms with Gasteiger partial charge in [0.05, 0.1) is 6.61 Å². The Balaban J connectivity index is 0.00000392. The highest BCUT2D eigenvalue weighted by Gasteiger charge is 2.20. The monoisotopic (exact) mass is 516 g/mol. The van der Waals surface area contributed by atoms with Crippen LogP contribution in [-0.2, 0) is 11.3 Å². The largest absolute Gasteiger partial charge is 0.434 e. The van der Waals surface area contributed by atoms with Crippen molar-refractivity contribution in [2.24, 2.45) is 4.99 Å². The van der Waals surface area contributed by atoms with Gasteiger partial charge < -0.3 is 25.0 Å². The number of methoxy groups -OCH3 is 1. The van der Waals surface area contributed by atoms with E-state index in [9.17, 15) is 13.2 Å². The van der Waals surface area contributed by atoms with Crippen LogP contribution in [0.25, 0.3) is 0 Å². The van der Waals surface area contributed by atoms with E-state index in [1.54, 1.807) is 14.2 Å². The second-order valence-electron chi connectivity index (χ2n) is 6.27. The van der Waals surface area contributed by atoms with E-state index in [2.05, 4.69) is 25.3 Å². The number of nitrogens with one attached hydrogen (secondary N) is 2. The second-order valence-corrected chi connectivity index (χ2v) is 6.27. The van der Waals surface area contributed by atoms with Crippen LogP contribution in [-0.4, -0.2) is 63.9 Å². The normalized spacial score (nSPS) is 16.0. The third-order valence-electron chi connectivity index (χ3n) is 4.49. The molecule has 1 saturated heterocycles. The molecule has 0 aromatic heterocycles. The zero-order chi connectivity index (χ0) is 19.6. The highest BCUT2D eigenvalue weighted by Crippen LogP contribution is 2.23. The van der Waals surface area contributed by atoms with Crippen LogP contribution < -0.4 is 15.4 Å². The average Bonchev–Trinajstić information content (AvgIpc) is 2.65. The van der Waals surface area contributed by atoms with Gasteiger partial charge in [-0.05, 0) is 25.0 Å². The number of halogens is 4. The van der Waals surface area contributed by atoms with Gasteiger partial charge in [-0.3, -0.25) is 4.99 Å². The summed E-state index contributed by atoms with van der Waals surface area (Å²) in [6, 6.07) is 4.10. The predicted molar refractivity (Wildman–Crippen MR) is 113 cm³/mol. The molecule has 1 heterocycles. The van der Waals surface area contributed by atoms with Gasteiger partial charge in [0.25, 0.3) is 0 Å². The first kappa shape index (κ1) is 24.8. The first-order valence-corrected chi connectivity index (χ1v) is 8.94. The van der Waals surface area contributed by atoms with E-state index in [0.29, 0.717) is 12.6 Å². The molecule has 0 spiro atoms. The predicted octanol–water partition coefficient (Wildman–Crippen LogP) is 2.82. The zero-order valence-electron chi connectivity index (χ0n) is 16.1. The van der Waals surface area contributed by atoms with Gasteiger partial charge in [-0.2, -0.15) is 8.78 Å². The van der Waals surface area contributed by atoms with Gasteiger partial charge in [-0.1, -0.05) is 6.07 Å². The molecular weight excluding hydrogens is 488 g/mol. The van der Waals surface area contributed by atoms with E-state index in [1.165, 1.54) is 18.2 Å². The summed E-state index contributed by atoms with van der Waals surface area (Å²) < 4.78 is 48.5. The minimum Gasteiger partial charge on any atom is -0.434 e. The Bertz CT molecular complexity index is 614. The molecule has 0 atom stereocenters. The van der Waals surface area contributed by atoms with Gasteiger partial charge >= 0.3 is 6.61 Å². The van der Waals surface area contributed by atoms with Gasteiger partial charge in [0.15, 0.2) is 5.96 Å². The number of hydrogen-bond donors (Lipinski definition) is 2. The van der Waals surface area contributed by atoms with Crippen LogP contribution in [0.4, 0.5) is 13.2 Å². The molecule has 10 heteroatoms. The first-order valence-electron chi connectivity index (χ1n) is 8.94. The standard InChI is InChI=1S/C18H27F3N4O2.HI/c1-22-18(24-13-6-8-25(9-7-13)10-11-26-2)23-12-14-15(19)4-3-5-16(14)27-17(20)21;/h3-5,13,17H,6-12H2,1-2H3,(H2,22,23,24);1H. The van der Waals surface area contributed by atoms with Gasteiger partial charge in [0, 0.05) is 51.9 Å². The quantitative estimate of drug-likeness (QED) is 0.316. The molecule has 160 valence electrons. The summed E-state index contributed by atoms with van der Waals surface area (Å²) in [5, 5.41) is 6.28. The van der Waals surface area contributed by atoms with Crippen LogP contribution in [0.1, 0.15) is 18.4 Å². The van der Waals surface area contributed by atoms with Gasteiger partial charge in [0.1, 0.15) is 11.6 Å². The molecule has 1 aliphatic rings. The number of benzene rings is 1. The van der Waals surface area contributed by atoms with Crippen LogP contribution in [0.2, 0.25) is 0 Å². The highest BCUT2D eigenvalue weighted by molar-refractivity contribution is 14.0. The summed E-state index contributed by atoms with van der Waals surface area (Å²) in [5.74, 6) is -0.293. The highest BCUT2D eigenvalue weighted by atomic mass is 127. The third-order valence-corrected chi connectivity index (χ3v) is 4.49. The Morgan fingerprint density at radius 1 is 1.32 bits per heavy atom. The van der Waals surface area contributed by atoms with Crippen molar-refractivity contribution in [3.63, 3.8) is 0 Å². The van der Waals surface area contributed by atoms with Crippen molar-refractivity contribution >= 4 is 29.9 Å². The van der Waals surface area contributed by atoms with Crippen molar-refractivity contribution in [3.05, 3.63) is 29.6 Å². The number of likely N-dealkylation sites (tertiary alicyclic amines) is 1. The molecule has 1 aromatic rings. The van der Waals surface area contributed by atoms with Crippen molar-refractivity contribution in [1.29, 1.82) is 0 Å². The van der Waals surface area contributed by atoms with E-state index >= 15 is 0 Å². The molecule has 2 rings (SSSR count). The van der Waals surface area contributed by atoms with Crippen LogP contribution in [0.15, 0.2) is 23.2 Å².